The molecule has 0 unspecified atom stereocenters. The van der Waals surface area contributed by atoms with Gasteiger partial charge in [-0.25, -0.2) is 0 Å². The minimum Gasteiger partial charge on any atom is -0.399 e. The van der Waals surface area contributed by atoms with E-state index in [1.54, 1.807) is 0 Å². The molecule has 0 aliphatic carbocycles. The number of nitrogen functional groups attached to an aromatic ring is 1. The number of piperidine rings is 1. The summed E-state index contributed by atoms with van der Waals surface area (Å²) >= 11 is 0. The molecule has 18 heavy (non-hydrogen) atoms. The number of hydrogen-bond donors (Lipinski definition) is 1. The molecule has 1 heterocycles. The first-order chi connectivity index (χ1) is 8.49. The van der Waals surface area contributed by atoms with E-state index >= 15 is 0 Å². The summed E-state index contributed by atoms with van der Waals surface area (Å²) in [5.41, 5.74) is 11.0. The third-order valence-electron chi connectivity index (χ3n) is 4.35. The van der Waals surface area contributed by atoms with Crippen molar-refractivity contribution in [2.45, 2.75) is 52.5 Å². The van der Waals surface area contributed by atoms with Crippen LogP contribution in [0.25, 0.3) is 0 Å². The van der Waals surface area contributed by atoms with Gasteiger partial charge < -0.3 is 10.6 Å². The lowest BCUT2D eigenvalue weighted by molar-refractivity contribution is 0.171. The Kier molecular flexibility index (Phi) is 3.96. The average molecular weight is 246 g/mol. The van der Waals surface area contributed by atoms with Crippen molar-refractivity contribution in [3.63, 3.8) is 0 Å². The summed E-state index contributed by atoms with van der Waals surface area (Å²) in [6.07, 6.45) is 2.56. The topological polar surface area (TPSA) is 29.3 Å². The molecule has 1 aliphatic heterocycles. The molecule has 1 aromatic carbocycles. The number of likely N-dealkylation sites (tertiary alicyclic amines) is 1. The number of hydrogen-bond acceptors (Lipinski definition) is 2. The summed E-state index contributed by atoms with van der Waals surface area (Å²) in [7, 11) is 0. The highest BCUT2D eigenvalue weighted by Crippen LogP contribution is 2.32. The van der Waals surface area contributed by atoms with Crippen molar-refractivity contribution in [3.8, 4) is 0 Å². The first-order valence-electron chi connectivity index (χ1n) is 7.09. The Bertz CT molecular complexity index is 415. The van der Waals surface area contributed by atoms with Crippen molar-refractivity contribution in [2.24, 2.45) is 0 Å². The normalized spacial score (nSPS) is 18.5. The van der Waals surface area contributed by atoms with Crippen molar-refractivity contribution < 1.29 is 0 Å². The molecule has 0 saturated carbocycles. The van der Waals surface area contributed by atoms with Gasteiger partial charge in [0.25, 0.3) is 0 Å². The molecule has 2 N–H and O–H groups in total. The van der Waals surface area contributed by atoms with Crippen LogP contribution in [0.1, 0.15) is 49.3 Å². The van der Waals surface area contributed by atoms with Crippen LogP contribution >= 0.6 is 0 Å². The summed E-state index contributed by atoms with van der Waals surface area (Å²) in [4.78, 5) is 2.58. The van der Waals surface area contributed by atoms with Crippen molar-refractivity contribution >= 4 is 5.69 Å². The van der Waals surface area contributed by atoms with E-state index < -0.39 is 0 Å². The minimum absolute atomic E-state index is 0.681. The SMILES string of the molecule is Cc1cc(C2CCN(C(C)C)CC2)c(C)cc1N. The number of anilines is 1. The molecule has 1 aromatic rings. The van der Waals surface area contributed by atoms with Crippen molar-refractivity contribution in [1.82, 2.24) is 4.90 Å². The number of aryl methyl sites for hydroxylation is 2. The Hall–Kier alpha value is -1.02. The zero-order chi connectivity index (χ0) is 13.3. The predicted octanol–water partition coefficient (Wildman–Crippen LogP) is 3.47. The van der Waals surface area contributed by atoms with Gasteiger partial charge in [0, 0.05) is 11.7 Å². The van der Waals surface area contributed by atoms with Gasteiger partial charge in [-0.1, -0.05) is 6.07 Å². The van der Waals surface area contributed by atoms with Gasteiger partial charge in [-0.05, 0) is 82.3 Å². The summed E-state index contributed by atoms with van der Waals surface area (Å²) in [5.74, 6) is 0.722. The molecule has 0 spiro atoms. The summed E-state index contributed by atoms with van der Waals surface area (Å²) in [6, 6.07) is 5.13. The van der Waals surface area contributed by atoms with Crippen LogP contribution < -0.4 is 5.73 Å². The van der Waals surface area contributed by atoms with E-state index in [4.69, 9.17) is 5.73 Å². The number of nitrogens with zero attached hydrogens (tertiary/aromatic N) is 1. The zero-order valence-electron chi connectivity index (χ0n) is 12.2. The largest absolute Gasteiger partial charge is 0.399 e. The molecular formula is C16H26N2. The van der Waals surface area contributed by atoms with Gasteiger partial charge in [0.1, 0.15) is 0 Å². The van der Waals surface area contributed by atoms with Gasteiger partial charge in [-0.15, -0.1) is 0 Å². The number of rotatable bonds is 2. The molecular weight excluding hydrogens is 220 g/mol. The lowest BCUT2D eigenvalue weighted by atomic mass is 9.85. The van der Waals surface area contributed by atoms with Crippen molar-refractivity contribution in [3.05, 3.63) is 28.8 Å². The Morgan fingerprint density at radius 3 is 2.28 bits per heavy atom. The van der Waals surface area contributed by atoms with Gasteiger partial charge in [-0.3, -0.25) is 0 Å². The number of nitrogens with two attached hydrogens (primary N) is 1. The van der Waals surface area contributed by atoms with Gasteiger partial charge in [0.2, 0.25) is 0 Å². The third kappa shape index (κ3) is 2.69. The van der Waals surface area contributed by atoms with Crippen LogP contribution in [0.5, 0.6) is 0 Å². The molecule has 2 rings (SSSR count). The predicted molar refractivity (Wildman–Crippen MR) is 79.0 cm³/mol. The van der Waals surface area contributed by atoms with Crippen molar-refractivity contribution in [2.75, 3.05) is 18.8 Å². The lowest BCUT2D eigenvalue weighted by Crippen LogP contribution is -2.37. The van der Waals surface area contributed by atoms with Crippen molar-refractivity contribution in [1.29, 1.82) is 0 Å². The molecule has 2 nitrogen and oxygen atoms in total. The summed E-state index contributed by atoms with van der Waals surface area (Å²) in [5, 5.41) is 0. The second-order valence-electron chi connectivity index (χ2n) is 5.97. The van der Waals surface area contributed by atoms with Gasteiger partial charge in [-0.2, -0.15) is 0 Å². The van der Waals surface area contributed by atoms with Crippen LogP contribution in [0.15, 0.2) is 12.1 Å². The molecule has 1 fully saturated rings. The maximum Gasteiger partial charge on any atom is 0.0346 e. The fourth-order valence-corrected chi connectivity index (χ4v) is 3.03. The second kappa shape index (κ2) is 5.31. The van der Waals surface area contributed by atoms with E-state index in [1.807, 2.05) is 0 Å². The molecule has 0 amide bonds. The summed E-state index contributed by atoms with van der Waals surface area (Å²) in [6.45, 7) is 11.3. The molecule has 0 radical (unpaired) electrons. The average Bonchev–Trinajstić information content (AvgIpc) is 2.34. The first-order valence-corrected chi connectivity index (χ1v) is 7.09. The first kappa shape index (κ1) is 13.4. The Morgan fingerprint density at radius 2 is 1.72 bits per heavy atom. The van der Waals surface area contributed by atoms with E-state index in [9.17, 15) is 0 Å². The molecule has 100 valence electrons. The monoisotopic (exact) mass is 246 g/mol. The molecule has 1 aliphatic rings. The van der Waals surface area contributed by atoms with E-state index in [-0.39, 0.29) is 0 Å². The molecule has 2 heteroatoms. The standard InChI is InChI=1S/C16H26N2/c1-11(2)18-7-5-14(6-8-18)15-9-13(4)16(17)10-12(15)3/h9-11,14H,5-8,17H2,1-4H3. The number of benzene rings is 1. The van der Waals surface area contributed by atoms with E-state index in [0.29, 0.717) is 6.04 Å². The Labute approximate surface area is 111 Å². The van der Waals surface area contributed by atoms with E-state index in [1.165, 1.54) is 42.6 Å². The smallest absolute Gasteiger partial charge is 0.0346 e. The van der Waals surface area contributed by atoms with Crippen LogP contribution in [0.2, 0.25) is 0 Å². The van der Waals surface area contributed by atoms with Gasteiger partial charge in [0.05, 0.1) is 0 Å². The quantitative estimate of drug-likeness (QED) is 0.810. The third-order valence-corrected chi connectivity index (χ3v) is 4.35. The van der Waals surface area contributed by atoms with Crippen LogP contribution in [0.4, 0.5) is 5.69 Å². The molecule has 0 bridgehead atoms. The highest BCUT2D eigenvalue weighted by Gasteiger charge is 2.23. The van der Waals surface area contributed by atoms with Gasteiger partial charge >= 0.3 is 0 Å². The lowest BCUT2D eigenvalue weighted by Gasteiger charge is -2.35. The Morgan fingerprint density at radius 1 is 1.11 bits per heavy atom. The minimum atomic E-state index is 0.681. The highest BCUT2D eigenvalue weighted by atomic mass is 15.1. The Balaban J connectivity index is 2.12. The summed E-state index contributed by atoms with van der Waals surface area (Å²) < 4.78 is 0. The molecule has 0 atom stereocenters. The van der Waals surface area contributed by atoms with E-state index in [2.05, 4.69) is 44.7 Å². The molecule has 1 saturated heterocycles. The zero-order valence-corrected chi connectivity index (χ0v) is 12.2. The fraction of sp³-hybridized carbons (Fsp3) is 0.625. The fourth-order valence-electron chi connectivity index (χ4n) is 3.03. The second-order valence-corrected chi connectivity index (χ2v) is 5.97. The van der Waals surface area contributed by atoms with Gasteiger partial charge in [0.15, 0.2) is 0 Å². The van der Waals surface area contributed by atoms with Crippen LogP contribution in [-0.4, -0.2) is 24.0 Å². The van der Waals surface area contributed by atoms with Crippen LogP contribution in [0, 0.1) is 13.8 Å². The maximum absolute atomic E-state index is 5.97. The van der Waals surface area contributed by atoms with E-state index in [0.717, 1.165) is 11.6 Å². The van der Waals surface area contributed by atoms with Crippen LogP contribution in [0.3, 0.4) is 0 Å². The maximum atomic E-state index is 5.97. The van der Waals surface area contributed by atoms with Crippen LogP contribution in [-0.2, 0) is 0 Å². The molecule has 0 aromatic heterocycles. The highest BCUT2D eigenvalue weighted by molar-refractivity contribution is 5.52.